The zero-order valence-electron chi connectivity index (χ0n) is 25.3. The predicted octanol–water partition coefficient (Wildman–Crippen LogP) is 13.0. The maximum atomic E-state index is 2.44. The lowest BCUT2D eigenvalue weighted by molar-refractivity contribution is 1.61. The summed E-state index contributed by atoms with van der Waals surface area (Å²) in [6.07, 6.45) is 0. The van der Waals surface area contributed by atoms with Crippen LogP contribution in [0.1, 0.15) is 0 Å². The molecule has 0 aliphatic rings. The van der Waals surface area contributed by atoms with Crippen molar-refractivity contribution in [3.63, 3.8) is 0 Å². The van der Waals surface area contributed by atoms with E-state index < -0.39 is 0 Å². The highest BCUT2D eigenvalue weighted by molar-refractivity contribution is 6.23. The summed E-state index contributed by atoms with van der Waals surface area (Å²) in [5, 5.41) is 10.1. The summed E-state index contributed by atoms with van der Waals surface area (Å²) in [4.78, 5) is 0. The molecule has 0 saturated carbocycles. The Morgan fingerprint density at radius 2 is 0.674 bits per heavy atom. The highest BCUT2D eigenvalue weighted by atomic mass is 14.2. The fourth-order valence-electron chi connectivity index (χ4n) is 7.43. The molecule has 0 saturated heterocycles. The second kappa shape index (κ2) is 10.9. The Balaban J connectivity index is 1.44. The first-order valence-electron chi connectivity index (χ1n) is 15.9. The van der Waals surface area contributed by atoms with E-state index in [-0.39, 0.29) is 0 Å². The minimum Gasteiger partial charge on any atom is -0.0622 e. The Hall–Kier alpha value is -5.98. The summed E-state index contributed by atoms with van der Waals surface area (Å²) in [5.41, 5.74) is 9.99. The van der Waals surface area contributed by atoms with Crippen molar-refractivity contribution >= 4 is 43.1 Å². The van der Waals surface area contributed by atoms with Gasteiger partial charge in [-0.15, -0.1) is 0 Å². The van der Waals surface area contributed by atoms with Gasteiger partial charge in [0.1, 0.15) is 0 Å². The molecule has 0 aliphatic carbocycles. The van der Waals surface area contributed by atoms with E-state index in [0.29, 0.717) is 0 Å². The molecule has 214 valence electrons. The zero-order valence-corrected chi connectivity index (χ0v) is 25.3. The third-order valence-corrected chi connectivity index (χ3v) is 9.46. The van der Waals surface area contributed by atoms with Gasteiger partial charge < -0.3 is 0 Å². The first kappa shape index (κ1) is 26.4. The van der Waals surface area contributed by atoms with Crippen LogP contribution in [0.5, 0.6) is 0 Å². The molecule has 0 unspecified atom stereocenters. The van der Waals surface area contributed by atoms with Gasteiger partial charge in [-0.25, -0.2) is 0 Å². The van der Waals surface area contributed by atoms with Crippen LogP contribution in [0.25, 0.3) is 87.6 Å². The van der Waals surface area contributed by atoms with E-state index in [0.717, 1.165) is 0 Å². The van der Waals surface area contributed by atoms with E-state index in [1.807, 2.05) is 0 Å². The second-order valence-electron chi connectivity index (χ2n) is 12.0. The van der Waals surface area contributed by atoms with Crippen molar-refractivity contribution in [1.82, 2.24) is 0 Å². The molecule has 0 amide bonds. The van der Waals surface area contributed by atoms with Gasteiger partial charge in [0.15, 0.2) is 0 Å². The SMILES string of the molecule is c1ccc(-c2c3ccccc3c(-c3cc(-c4cccc5ccccc45)ccc3-c3cccc4ccccc34)c3ccccc23)cc1. The minimum atomic E-state index is 1.22. The van der Waals surface area contributed by atoms with Crippen LogP contribution >= 0.6 is 0 Å². The summed E-state index contributed by atoms with van der Waals surface area (Å²) in [5.74, 6) is 0. The van der Waals surface area contributed by atoms with Crippen LogP contribution in [-0.2, 0) is 0 Å². The number of benzene rings is 9. The lowest BCUT2D eigenvalue weighted by atomic mass is 9.82. The van der Waals surface area contributed by atoms with Gasteiger partial charge in [-0.05, 0) is 93.7 Å². The lowest BCUT2D eigenvalue weighted by Gasteiger charge is -2.21. The normalized spacial score (nSPS) is 11.5. The highest BCUT2D eigenvalue weighted by Gasteiger charge is 2.20. The Kier molecular flexibility index (Phi) is 6.25. The molecule has 0 heterocycles. The lowest BCUT2D eigenvalue weighted by Crippen LogP contribution is -1.94. The molecule has 0 N–H and O–H groups in total. The van der Waals surface area contributed by atoms with Gasteiger partial charge in [0.05, 0.1) is 0 Å². The monoisotopic (exact) mass is 582 g/mol. The van der Waals surface area contributed by atoms with E-state index >= 15 is 0 Å². The molecule has 0 bridgehead atoms. The molecule has 46 heavy (non-hydrogen) atoms. The van der Waals surface area contributed by atoms with E-state index in [9.17, 15) is 0 Å². The van der Waals surface area contributed by atoms with Crippen molar-refractivity contribution in [3.05, 3.63) is 182 Å². The van der Waals surface area contributed by atoms with Gasteiger partial charge in [-0.2, -0.15) is 0 Å². The first-order chi connectivity index (χ1) is 22.8. The molecule has 9 aromatic rings. The molecule has 9 rings (SSSR count). The van der Waals surface area contributed by atoms with E-state index in [1.165, 1.54) is 87.6 Å². The standard InChI is InChI=1S/C46H30/c1-2-16-33(17-3-1)45-40-22-8-10-24-42(40)46(43-25-11-9-23-41(43)45)44-30-34(37-26-12-18-31-14-4-6-20-35(31)37)28-29-39(44)38-27-13-19-32-15-5-7-21-36(32)38/h1-30H. The highest BCUT2D eigenvalue weighted by Crippen LogP contribution is 2.48. The third kappa shape index (κ3) is 4.23. The van der Waals surface area contributed by atoms with Crippen LogP contribution < -0.4 is 0 Å². The maximum Gasteiger partial charge on any atom is -0.00199 e. The van der Waals surface area contributed by atoms with Crippen LogP contribution in [0, 0.1) is 0 Å². The molecule has 0 spiro atoms. The molecule has 0 aromatic heterocycles. The maximum absolute atomic E-state index is 2.44. The van der Waals surface area contributed by atoms with E-state index in [1.54, 1.807) is 0 Å². The van der Waals surface area contributed by atoms with E-state index in [4.69, 9.17) is 0 Å². The van der Waals surface area contributed by atoms with Gasteiger partial charge in [0, 0.05) is 0 Å². The van der Waals surface area contributed by atoms with Crippen molar-refractivity contribution in [3.8, 4) is 44.5 Å². The average molecular weight is 583 g/mol. The fourth-order valence-corrected chi connectivity index (χ4v) is 7.43. The zero-order chi connectivity index (χ0) is 30.5. The van der Waals surface area contributed by atoms with Gasteiger partial charge in [0.2, 0.25) is 0 Å². The molecule has 0 aliphatic heterocycles. The molecule has 0 nitrogen and oxygen atoms in total. The largest absolute Gasteiger partial charge is 0.0622 e. The molecule has 0 heteroatoms. The smallest absolute Gasteiger partial charge is 0.00199 e. The van der Waals surface area contributed by atoms with Crippen molar-refractivity contribution in [2.45, 2.75) is 0 Å². The first-order valence-corrected chi connectivity index (χ1v) is 15.9. The molecule has 0 atom stereocenters. The molecular weight excluding hydrogens is 553 g/mol. The predicted molar refractivity (Wildman–Crippen MR) is 198 cm³/mol. The number of hydrogen-bond acceptors (Lipinski definition) is 0. The Bertz CT molecular complexity index is 2500. The van der Waals surface area contributed by atoms with Crippen molar-refractivity contribution in [1.29, 1.82) is 0 Å². The molecule has 0 fully saturated rings. The Morgan fingerprint density at radius 1 is 0.217 bits per heavy atom. The summed E-state index contributed by atoms with van der Waals surface area (Å²) in [6.45, 7) is 0. The van der Waals surface area contributed by atoms with Gasteiger partial charge in [-0.3, -0.25) is 0 Å². The second-order valence-corrected chi connectivity index (χ2v) is 12.0. The topological polar surface area (TPSA) is 0 Å². The quantitative estimate of drug-likeness (QED) is 0.181. The molecule has 0 radical (unpaired) electrons. The summed E-state index contributed by atoms with van der Waals surface area (Å²) in [6, 6.07) is 66.6. The molecular formula is C46H30. The van der Waals surface area contributed by atoms with Gasteiger partial charge in [0.25, 0.3) is 0 Å². The third-order valence-electron chi connectivity index (χ3n) is 9.46. The van der Waals surface area contributed by atoms with Gasteiger partial charge in [-0.1, -0.05) is 176 Å². The number of hydrogen-bond donors (Lipinski definition) is 0. The Morgan fingerprint density at radius 3 is 1.28 bits per heavy atom. The summed E-state index contributed by atoms with van der Waals surface area (Å²) < 4.78 is 0. The van der Waals surface area contributed by atoms with Crippen molar-refractivity contribution in [2.24, 2.45) is 0 Å². The van der Waals surface area contributed by atoms with Crippen LogP contribution in [-0.4, -0.2) is 0 Å². The van der Waals surface area contributed by atoms with Crippen LogP contribution in [0.2, 0.25) is 0 Å². The fraction of sp³-hybridized carbons (Fsp3) is 0. The van der Waals surface area contributed by atoms with Crippen molar-refractivity contribution in [2.75, 3.05) is 0 Å². The summed E-state index contributed by atoms with van der Waals surface area (Å²) >= 11 is 0. The van der Waals surface area contributed by atoms with Crippen molar-refractivity contribution < 1.29 is 0 Å². The van der Waals surface area contributed by atoms with Gasteiger partial charge >= 0.3 is 0 Å². The number of fused-ring (bicyclic) bond motifs is 4. The minimum absolute atomic E-state index is 1.22. The summed E-state index contributed by atoms with van der Waals surface area (Å²) in [7, 11) is 0. The number of rotatable bonds is 4. The van der Waals surface area contributed by atoms with Crippen LogP contribution in [0.15, 0.2) is 182 Å². The molecule has 9 aromatic carbocycles. The Labute approximate surface area is 268 Å². The van der Waals surface area contributed by atoms with E-state index in [2.05, 4.69) is 182 Å². The average Bonchev–Trinajstić information content (AvgIpc) is 3.13. The van der Waals surface area contributed by atoms with Crippen LogP contribution in [0.4, 0.5) is 0 Å². The van der Waals surface area contributed by atoms with Crippen LogP contribution in [0.3, 0.4) is 0 Å².